The molecule has 0 atom stereocenters. The van der Waals surface area contributed by atoms with Crippen LogP contribution >= 0.6 is 22.6 Å². The van der Waals surface area contributed by atoms with Gasteiger partial charge in [0.1, 0.15) is 5.57 Å². The Labute approximate surface area is 158 Å². The van der Waals surface area contributed by atoms with E-state index >= 15 is 0 Å². The topological polar surface area (TPSA) is 66.5 Å². The number of urea groups is 1. The molecule has 4 amide bonds. The van der Waals surface area contributed by atoms with Gasteiger partial charge in [0.05, 0.1) is 5.69 Å². The van der Waals surface area contributed by atoms with E-state index in [4.69, 9.17) is 0 Å². The second-order valence-corrected chi connectivity index (χ2v) is 6.78. The van der Waals surface area contributed by atoms with Gasteiger partial charge in [-0.1, -0.05) is 31.2 Å². The van der Waals surface area contributed by atoms with Gasteiger partial charge in [0.15, 0.2) is 0 Å². The maximum absolute atomic E-state index is 12.7. The highest BCUT2D eigenvalue weighted by Crippen LogP contribution is 2.22. The number of hydrogen-bond donors (Lipinski definition) is 1. The Balaban J connectivity index is 1.97. The highest BCUT2D eigenvalue weighted by Gasteiger charge is 2.36. The van der Waals surface area contributed by atoms with Gasteiger partial charge in [0, 0.05) is 3.57 Å². The van der Waals surface area contributed by atoms with Gasteiger partial charge in [0.2, 0.25) is 0 Å². The maximum Gasteiger partial charge on any atom is 0.335 e. The molecule has 6 heteroatoms. The molecule has 0 aliphatic carbocycles. The number of nitrogens with zero attached hydrogens (tertiary/aromatic N) is 1. The summed E-state index contributed by atoms with van der Waals surface area (Å²) in [5.74, 6) is -1.31. The van der Waals surface area contributed by atoms with Gasteiger partial charge >= 0.3 is 6.03 Å². The number of nitrogens with one attached hydrogen (secondary N) is 1. The Bertz CT molecular complexity index is 871. The number of halogens is 1. The largest absolute Gasteiger partial charge is 0.335 e. The molecule has 0 saturated carbocycles. The number of rotatable bonds is 3. The van der Waals surface area contributed by atoms with Crippen molar-refractivity contribution in [3.8, 4) is 0 Å². The van der Waals surface area contributed by atoms with Crippen LogP contribution in [0.25, 0.3) is 6.08 Å². The second kappa shape index (κ2) is 7.18. The van der Waals surface area contributed by atoms with E-state index in [2.05, 4.69) is 27.9 Å². The van der Waals surface area contributed by atoms with Crippen molar-refractivity contribution in [3.63, 3.8) is 0 Å². The molecule has 126 valence electrons. The molecule has 1 N–H and O–H groups in total. The number of benzene rings is 2. The first-order chi connectivity index (χ1) is 12.0. The molecule has 2 aromatic carbocycles. The number of barbiturate groups is 1. The molecule has 0 unspecified atom stereocenters. The van der Waals surface area contributed by atoms with Crippen LogP contribution in [0.5, 0.6) is 0 Å². The molecule has 1 aliphatic rings. The van der Waals surface area contributed by atoms with Crippen molar-refractivity contribution in [2.75, 3.05) is 4.90 Å². The van der Waals surface area contributed by atoms with Crippen molar-refractivity contribution in [1.29, 1.82) is 0 Å². The molecule has 0 aromatic heterocycles. The van der Waals surface area contributed by atoms with E-state index in [1.54, 1.807) is 12.1 Å². The van der Waals surface area contributed by atoms with Gasteiger partial charge < -0.3 is 0 Å². The van der Waals surface area contributed by atoms with Crippen LogP contribution in [-0.2, 0) is 16.0 Å². The van der Waals surface area contributed by atoms with Crippen LogP contribution in [0.2, 0.25) is 0 Å². The summed E-state index contributed by atoms with van der Waals surface area (Å²) in [6.07, 6.45) is 2.35. The average Bonchev–Trinajstić information content (AvgIpc) is 2.60. The van der Waals surface area contributed by atoms with E-state index in [1.807, 2.05) is 43.3 Å². The fourth-order valence-corrected chi connectivity index (χ4v) is 2.86. The summed E-state index contributed by atoms with van der Waals surface area (Å²) in [5, 5.41) is 2.23. The van der Waals surface area contributed by atoms with Crippen LogP contribution in [0.1, 0.15) is 18.1 Å². The van der Waals surface area contributed by atoms with Crippen molar-refractivity contribution >= 4 is 52.2 Å². The summed E-state index contributed by atoms with van der Waals surface area (Å²) < 4.78 is 1.05. The fraction of sp³-hybridized carbons (Fsp3) is 0.105. The Hall–Kier alpha value is -2.48. The molecule has 5 nitrogen and oxygen atoms in total. The fourth-order valence-electron chi connectivity index (χ4n) is 2.50. The van der Waals surface area contributed by atoms with Crippen LogP contribution in [0.15, 0.2) is 54.1 Å². The number of aryl methyl sites for hydroxylation is 1. The number of amides is 4. The molecule has 1 aliphatic heterocycles. The molecule has 1 fully saturated rings. The molecule has 0 bridgehead atoms. The maximum atomic E-state index is 12.7. The van der Waals surface area contributed by atoms with Crippen LogP contribution in [0.4, 0.5) is 10.5 Å². The summed E-state index contributed by atoms with van der Waals surface area (Å²) in [5.41, 5.74) is 2.18. The molecule has 0 radical (unpaired) electrons. The van der Waals surface area contributed by atoms with E-state index in [0.717, 1.165) is 26.0 Å². The van der Waals surface area contributed by atoms with E-state index in [-0.39, 0.29) is 5.57 Å². The van der Waals surface area contributed by atoms with Gasteiger partial charge in [-0.05, 0) is 70.5 Å². The Morgan fingerprint density at radius 1 is 1.00 bits per heavy atom. The van der Waals surface area contributed by atoms with Crippen LogP contribution < -0.4 is 10.2 Å². The standard InChI is InChI=1S/C19H15IN2O3/c1-2-12-5-9-15(10-6-12)22-18(24)16(17(23)21-19(22)25)11-13-3-7-14(20)8-4-13/h3-11H,2H2,1H3,(H,21,23,25)/b16-11-. The Kier molecular flexibility index (Phi) is 4.98. The minimum atomic E-state index is -0.737. The normalized spacial score (nSPS) is 16.3. The van der Waals surface area contributed by atoms with E-state index < -0.39 is 17.8 Å². The first kappa shape index (κ1) is 17.3. The molecule has 1 heterocycles. The van der Waals surface area contributed by atoms with Crippen molar-refractivity contribution in [2.45, 2.75) is 13.3 Å². The van der Waals surface area contributed by atoms with Gasteiger partial charge in [-0.25, -0.2) is 9.69 Å². The monoisotopic (exact) mass is 446 g/mol. The number of anilines is 1. The highest BCUT2D eigenvalue weighted by molar-refractivity contribution is 14.1. The van der Waals surface area contributed by atoms with Gasteiger partial charge in [-0.15, -0.1) is 0 Å². The predicted octanol–water partition coefficient (Wildman–Crippen LogP) is 3.52. The third-order valence-electron chi connectivity index (χ3n) is 3.89. The lowest BCUT2D eigenvalue weighted by molar-refractivity contribution is -0.122. The summed E-state index contributed by atoms with van der Waals surface area (Å²) in [4.78, 5) is 38.0. The summed E-state index contributed by atoms with van der Waals surface area (Å²) in [7, 11) is 0. The number of hydrogen-bond acceptors (Lipinski definition) is 3. The third kappa shape index (κ3) is 3.63. The Morgan fingerprint density at radius 2 is 1.64 bits per heavy atom. The smallest absolute Gasteiger partial charge is 0.273 e. The molecule has 3 rings (SSSR count). The minimum Gasteiger partial charge on any atom is -0.273 e. The lowest BCUT2D eigenvalue weighted by Gasteiger charge is -2.26. The van der Waals surface area contributed by atoms with Crippen molar-refractivity contribution in [2.24, 2.45) is 0 Å². The van der Waals surface area contributed by atoms with Crippen LogP contribution in [-0.4, -0.2) is 17.8 Å². The van der Waals surface area contributed by atoms with Gasteiger partial charge in [0.25, 0.3) is 11.8 Å². The van der Waals surface area contributed by atoms with Crippen LogP contribution in [0.3, 0.4) is 0 Å². The molecular formula is C19H15IN2O3. The van der Waals surface area contributed by atoms with E-state index in [9.17, 15) is 14.4 Å². The first-order valence-electron chi connectivity index (χ1n) is 7.75. The third-order valence-corrected chi connectivity index (χ3v) is 4.60. The van der Waals surface area contributed by atoms with Crippen LogP contribution in [0, 0.1) is 3.57 Å². The molecule has 2 aromatic rings. The first-order valence-corrected chi connectivity index (χ1v) is 8.83. The summed E-state index contributed by atoms with van der Waals surface area (Å²) in [6, 6.07) is 13.8. The zero-order valence-corrected chi connectivity index (χ0v) is 15.6. The molecular weight excluding hydrogens is 431 g/mol. The zero-order valence-electron chi connectivity index (χ0n) is 13.5. The lowest BCUT2D eigenvalue weighted by Crippen LogP contribution is -2.54. The van der Waals surface area contributed by atoms with E-state index in [1.165, 1.54) is 6.08 Å². The number of carbonyl (C=O) groups is 3. The highest BCUT2D eigenvalue weighted by atomic mass is 127. The second-order valence-electron chi connectivity index (χ2n) is 5.53. The predicted molar refractivity (Wildman–Crippen MR) is 104 cm³/mol. The summed E-state index contributed by atoms with van der Waals surface area (Å²) >= 11 is 2.17. The number of imide groups is 2. The SMILES string of the molecule is CCc1ccc(N2C(=O)NC(=O)/C(=C/c3ccc(I)cc3)C2=O)cc1. The molecule has 0 spiro atoms. The van der Waals surface area contributed by atoms with Gasteiger partial charge in [-0.3, -0.25) is 14.9 Å². The van der Waals surface area contributed by atoms with E-state index in [0.29, 0.717) is 5.69 Å². The van der Waals surface area contributed by atoms with Crippen molar-refractivity contribution in [1.82, 2.24) is 5.32 Å². The minimum absolute atomic E-state index is 0.0691. The van der Waals surface area contributed by atoms with Gasteiger partial charge in [-0.2, -0.15) is 0 Å². The number of carbonyl (C=O) groups excluding carboxylic acids is 3. The molecule has 1 saturated heterocycles. The van der Waals surface area contributed by atoms with Crippen molar-refractivity contribution < 1.29 is 14.4 Å². The lowest BCUT2D eigenvalue weighted by atomic mass is 10.1. The quantitative estimate of drug-likeness (QED) is 0.446. The van der Waals surface area contributed by atoms with Crippen molar-refractivity contribution in [3.05, 3.63) is 68.8 Å². The zero-order chi connectivity index (χ0) is 18.0. The molecule has 25 heavy (non-hydrogen) atoms. The summed E-state index contributed by atoms with van der Waals surface area (Å²) in [6.45, 7) is 2.02. The Morgan fingerprint density at radius 3 is 2.24 bits per heavy atom. The average molecular weight is 446 g/mol.